The first-order chi connectivity index (χ1) is 13.4. The summed E-state index contributed by atoms with van der Waals surface area (Å²) in [4.78, 5) is 26.6. The van der Waals surface area contributed by atoms with E-state index in [1.807, 2.05) is 37.3 Å². The number of carbonyl (C=O) groups is 2. The fourth-order valence-electron chi connectivity index (χ4n) is 4.02. The minimum Gasteiger partial charge on any atom is -0.329 e. The van der Waals surface area contributed by atoms with Gasteiger partial charge in [0, 0.05) is 24.2 Å². The lowest BCUT2D eigenvalue weighted by Gasteiger charge is -2.30. The third-order valence-corrected chi connectivity index (χ3v) is 5.52. The standard InChI is InChI=1S/C23H23FN2O2/c1-14-4-3-5-17(10-14)20(24)12-16-7-8-19-18(11-16)13-26(23(19)28)21-9-6-15(2)25-22(21)27/h3-5,7-8,10-11,20-21H,2,6,9,12-13H2,1H3,(H,25,27). The Morgan fingerprint density at radius 2 is 2.07 bits per heavy atom. The van der Waals surface area contributed by atoms with Crippen molar-refractivity contribution in [2.24, 2.45) is 0 Å². The fourth-order valence-corrected chi connectivity index (χ4v) is 4.02. The maximum Gasteiger partial charge on any atom is 0.255 e. The molecule has 4 nitrogen and oxygen atoms in total. The van der Waals surface area contributed by atoms with E-state index in [1.165, 1.54) is 0 Å². The second-order valence-corrected chi connectivity index (χ2v) is 7.66. The van der Waals surface area contributed by atoms with Crippen molar-refractivity contribution in [2.45, 2.75) is 44.9 Å². The molecule has 0 aromatic heterocycles. The first-order valence-electron chi connectivity index (χ1n) is 9.54. The number of hydrogen-bond donors (Lipinski definition) is 1. The Labute approximate surface area is 164 Å². The van der Waals surface area contributed by atoms with Crippen molar-refractivity contribution in [1.29, 1.82) is 0 Å². The number of fused-ring (bicyclic) bond motifs is 1. The van der Waals surface area contributed by atoms with Crippen molar-refractivity contribution < 1.29 is 14.0 Å². The topological polar surface area (TPSA) is 49.4 Å². The molecular weight excluding hydrogens is 355 g/mol. The van der Waals surface area contributed by atoms with Gasteiger partial charge in [0.1, 0.15) is 12.2 Å². The van der Waals surface area contributed by atoms with Crippen LogP contribution in [0.1, 0.15) is 51.6 Å². The molecule has 1 fully saturated rings. The van der Waals surface area contributed by atoms with E-state index in [-0.39, 0.29) is 18.2 Å². The molecule has 0 saturated carbocycles. The predicted molar refractivity (Wildman–Crippen MR) is 105 cm³/mol. The number of carbonyl (C=O) groups excluding carboxylic acids is 2. The van der Waals surface area contributed by atoms with Gasteiger partial charge in [-0.2, -0.15) is 0 Å². The van der Waals surface area contributed by atoms with Crippen molar-refractivity contribution >= 4 is 11.8 Å². The fraction of sp³-hybridized carbons (Fsp3) is 0.304. The van der Waals surface area contributed by atoms with Gasteiger partial charge in [0.05, 0.1) is 0 Å². The normalized spacial score (nSPS) is 20.1. The van der Waals surface area contributed by atoms with Gasteiger partial charge in [-0.15, -0.1) is 0 Å². The summed E-state index contributed by atoms with van der Waals surface area (Å²) in [6, 6.07) is 12.5. The smallest absolute Gasteiger partial charge is 0.255 e. The van der Waals surface area contributed by atoms with E-state index in [9.17, 15) is 14.0 Å². The van der Waals surface area contributed by atoms with Crippen LogP contribution in [0.2, 0.25) is 0 Å². The first-order valence-corrected chi connectivity index (χ1v) is 9.54. The molecule has 2 aliphatic rings. The number of hydrogen-bond acceptors (Lipinski definition) is 2. The number of benzene rings is 2. The van der Waals surface area contributed by atoms with E-state index >= 15 is 0 Å². The summed E-state index contributed by atoms with van der Waals surface area (Å²) < 4.78 is 14.7. The lowest BCUT2D eigenvalue weighted by atomic mass is 9.98. The van der Waals surface area contributed by atoms with Gasteiger partial charge in [-0.1, -0.05) is 48.5 Å². The molecule has 2 amide bonds. The summed E-state index contributed by atoms with van der Waals surface area (Å²) >= 11 is 0. The second kappa shape index (κ2) is 7.23. The van der Waals surface area contributed by atoms with Gasteiger partial charge < -0.3 is 10.2 Å². The van der Waals surface area contributed by atoms with Crippen LogP contribution < -0.4 is 5.32 Å². The minimum atomic E-state index is -1.10. The molecule has 0 aliphatic carbocycles. The molecule has 4 rings (SSSR count). The summed E-state index contributed by atoms with van der Waals surface area (Å²) in [7, 11) is 0. The highest BCUT2D eigenvalue weighted by Crippen LogP contribution is 2.31. The molecule has 28 heavy (non-hydrogen) atoms. The molecule has 0 bridgehead atoms. The molecule has 2 aliphatic heterocycles. The zero-order chi connectivity index (χ0) is 19.8. The molecular formula is C23H23FN2O2. The first kappa shape index (κ1) is 18.4. The third kappa shape index (κ3) is 3.44. The van der Waals surface area contributed by atoms with E-state index in [0.29, 0.717) is 36.2 Å². The van der Waals surface area contributed by atoms with Crippen molar-refractivity contribution in [3.8, 4) is 0 Å². The van der Waals surface area contributed by atoms with Gasteiger partial charge in [0.15, 0.2) is 0 Å². The number of nitrogens with zero attached hydrogens (tertiary/aromatic N) is 1. The monoisotopic (exact) mass is 378 g/mol. The van der Waals surface area contributed by atoms with Crippen molar-refractivity contribution in [3.05, 3.63) is 82.6 Å². The van der Waals surface area contributed by atoms with Gasteiger partial charge in [-0.25, -0.2) is 4.39 Å². The summed E-state index contributed by atoms with van der Waals surface area (Å²) in [6.07, 6.45) is 0.412. The number of amides is 2. The van der Waals surface area contributed by atoms with Crippen LogP contribution in [0.25, 0.3) is 0 Å². The van der Waals surface area contributed by atoms with Crippen LogP contribution >= 0.6 is 0 Å². The van der Waals surface area contributed by atoms with Crippen LogP contribution in [0.15, 0.2) is 54.7 Å². The maximum atomic E-state index is 14.7. The molecule has 5 heteroatoms. The molecule has 2 heterocycles. The van der Waals surface area contributed by atoms with Crippen LogP contribution in [0.4, 0.5) is 4.39 Å². The van der Waals surface area contributed by atoms with Crippen LogP contribution in [0.5, 0.6) is 0 Å². The molecule has 2 aromatic carbocycles. The summed E-state index contributed by atoms with van der Waals surface area (Å²) in [5.74, 6) is -0.314. The lowest BCUT2D eigenvalue weighted by molar-refractivity contribution is -0.126. The predicted octanol–water partition coefficient (Wildman–Crippen LogP) is 4.00. The zero-order valence-corrected chi connectivity index (χ0v) is 15.9. The second-order valence-electron chi connectivity index (χ2n) is 7.66. The Morgan fingerprint density at radius 1 is 1.25 bits per heavy atom. The minimum absolute atomic E-state index is 0.135. The van der Waals surface area contributed by atoms with Gasteiger partial charge in [-0.05, 0) is 42.5 Å². The van der Waals surface area contributed by atoms with Crippen molar-refractivity contribution in [3.63, 3.8) is 0 Å². The molecule has 0 radical (unpaired) electrons. The largest absolute Gasteiger partial charge is 0.329 e. The number of halogens is 1. The lowest BCUT2D eigenvalue weighted by Crippen LogP contribution is -2.49. The Hall–Kier alpha value is -2.95. The van der Waals surface area contributed by atoms with E-state index in [2.05, 4.69) is 11.9 Å². The van der Waals surface area contributed by atoms with E-state index in [1.54, 1.807) is 17.0 Å². The van der Waals surface area contributed by atoms with Gasteiger partial charge in [0.2, 0.25) is 5.91 Å². The zero-order valence-electron chi connectivity index (χ0n) is 15.9. The van der Waals surface area contributed by atoms with Crippen molar-refractivity contribution in [2.75, 3.05) is 0 Å². The molecule has 0 spiro atoms. The Morgan fingerprint density at radius 3 is 2.82 bits per heavy atom. The Bertz CT molecular complexity index is 969. The summed E-state index contributed by atoms with van der Waals surface area (Å²) in [5, 5.41) is 2.74. The number of rotatable bonds is 4. The molecule has 2 atom stereocenters. The van der Waals surface area contributed by atoms with Crippen molar-refractivity contribution in [1.82, 2.24) is 10.2 Å². The number of aryl methyl sites for hydroxylation is 1. The van der Waals surface area contributed by atoms with Crippen LogP contribution in [0.3, 0.4) is 0 Å². The average molecular weight is 378 g/mol. The number of piperidine rings is 1. The summed E-state index contributed by atoms with van der Waals surface area (Å²) in [6.45, 7) is 6.11. The Balaban J connectivity index is 1.51. The van der Waals surface area contributed by atoms with Crippen LogP contribution in [0, 0.1) is 6.92 Å². The third-order valence-electron chi connectivity index (χ3n) is 5.52. The molecule has 1 saturated heterocycles. The number of allylic oxidation sites excluding steroid dienone is 1. The highest BCUT2D eigenvalue weighted by molar-refractivity contribution is 6.01. The average Bonchev–Trinajstić information content (AvgIpc) is 2.97. The van der Waals surface area contributed by atoms with Crippen LogP contribution in [-0.2, 0) is 17.8 Å². The summed E-state index contributed by atoms with van der Waals surface area (Å²) in [5.41, 5.74) is 4.70. The van der Waals surface area contributed by atoms with Gasteiger partial charge in [0.25, 0.3) is 5.91 Å². The van der Waals surface area contributed by atoms with Gasteiger partial charge in [-0.3, -0.25) is 9.59 Å². The number of alkyl halides is 1. The molecule has 2 unspecified atom stereocenters. The molecule has 144 valence electrons. The van der Waals surface area contributed by atoms with Crippen LogP contribution in [-0.4, -0.2) is 22.8 Å². The van der Waals surface area contributed by atoms with E-state index in [4.69, 9.17) is 0 Å². The maximum absolute atomic E-state index is 14.7. The van der Waals surface area contributed by atoms with E-state index < -0.39 is 12.2 Å². The van der Waals surface area contributed by atoms with Gasteiger partial charge >= 0.3 is 0 Å². The quantitative estimate of drug-likeness (QED) is 0.874. The van der Waals surface area contributed by atoms with E-state index in [0.717, 1.165) is 16.7 Å². The molecule has 2 aromatic rings. The highest BCUT2D eigenvalue weighted by atomic mass is 19.1. The molecule has 1 N–H and O–H groups in total. The Kier molecular flexibility index (Phi) is 4.75. The number of nitrogens with one attached hydrogen (secondary N) is 1. The SMILES string of the molecule is C=C1CCC(N2Cc3cc(CC(F)c4cccc(C)c4)ccc3C2=O)C(=O)N1. The highest BCUT2D eigenvalue weighted by Gasteiger charge is 2.38.